The van der Waals surface area contributed by atoms with Crippen molar-refractivity contribution in [1.82, 2.24) is 4.98 Å². The van der Waals surface area contributed by atoms with Crippen LogP contribution in [0.15, 0.2) is 16.6 Å². The zero-order valence-corrected chi connectivity index (χ0v) is 14.1. The molecule has 2 heterocycles. The van der Waals surface area contributed by atoms with E-state index in [1.807, 2.05) is 0 Å². The van der Waals surface area contributed by atoms with Crippen molar-refractivity contribution in [2.45, 2.75) is 12.8 Å². The number of carbonyl (C=O) groups excluding carboxylic acids is 1. The van der Waals surface area contributed by atoms with Crippen LogP contribution in [0.4, 0.5) is 13.2 Å². The van der Waals surface area contributed by atoms with Crippen LogP contribution in [0.5, 0.6) is 5.75 Å². The van der Waals surface area contributed by atoms with Crippen molar-refractivity contribution < 1.29 is 27.4 Å². The van der Waals surface area contributed by atoms with E-state index in [2.05, 4.69) is 20.9 Å². The Kier molecular flexibility index (Phi) is 4.09. The SMILES string of the molecule is CCOC(=O)c1nc2c(s1)C(F)(F)COc1cc(F)c(Br)cc1-2. The first-order chi connectivity index (χ1) is 10.8. The molecule has 9 heteroatoms. The van der Waals surface area contributed by atoms with Crippen molar-refractivity contribution >= 4 is 33.2 Å². The van der Waals surface area contributed by atoms with Gasteiger partial charge < -0.3 is 9.47 Å². The maximum Gasteiger partial charge on any atom is 0.367 e. The predicted octanol–water partition coefficient (Wildman–Crippen LogP) is 4.37. The van der Waals surface area contributed by atoms with E-state index in [4.69, 9.17) is 9.47 Å². The lowest BCUT2D eigenvalue weighted by atomic mass is 10.1. The quantitative estimate of drug-likeness (QED) is 0.693. The van der Waals surface area contributed by atoms with E-state index in [-0.39, 0.29) is 33.1 Å². The fraction of sp³-hybridized carbons (Fsp3) is 0.286. The summed E-state index contributed by atoms with van der Waals surface area (Å²) in [5.41, 5.74) is 0.0912. The summed E-state index contributed by atoms with van der Waals surface area (Å²) < 4.78 is 52.1. The molecule has 0 radical (unpaired) electrons. The minimum atomic E-state index is -3.35. The highest BCUT2D eigenvalue weighted by Gasteiger charge is 2.42. The molecule has 1 aliphatic heterocycles. The fourth-order valence-corrected chi connectivity index (χ4v) is 3.37. The number of rotatable bonds is 2. The third kappa shape index (κ3) is 2.83. The lowest BCUT2D eigenvalue weighted by Gasteiger charge is -2.12. The molecular weight excluding hydrogens is 399 g/mol. The van der Waals surface area contributed by atoms with E-state index in [0.29, 0.717) is 11.3 Å². The summed E-state index contributed by atoms with van der Waals surface area (Å²) in [5.74, 6) is -4.81. The van der Waals surface area contributed by atoms with Gasteiger partial charge in [0.1, 0.15) is 16.4 Å². The molecule has 0 bridgehead atoms. The maximum atomic E-state index is 14.3. The molecule has 0 aliphatic carbocycles. The lowest BCUT2D eigenvalue weighted by molar-refractivity contribution is -0.0413. The molecular formula is C14H9BrF3NO3S. The third-order valence-corrected chi connectivity index (χ3v) is 4.85. The summed E-state index contributed by atoms with van der Waals surface area (Å²) in [5, 5.41) is -0.176. The maximum absolute atomic E-state index is 14.3. The summed E-state index contributed by atoms with van der Waals surface area (Å²) in [6, 6.07) is 2.31. The van der Waals surface area contributed by atoms with E-state index in [1.165, 1.54) is 6.07 Å². The highest BCUT2D eigenvalue weighted by atomic mass is 79.9. The second-order valence-corrected chi connectivity index (χ2v) is 6.53. The third-order valence-electron chi connectivity index (χ3n) is 3.10. The molecule has 122 valence electrons. The Morgan fingerprint density at radius 2 is 2.26 bits per heavy atom. The lowest BCUT2D eigenvalue weighted by Crippen LogP contribution is -2.20. The number of hydrogen-bond acceptors (Lipinski definition) is 5. The summed E-state index contributed by atoms with van der Waals surface area (Å²) >= 11 is 3.56. The Morgan fingerprint density at radius 3 is 2.96 bits per heavy atom. The number of ether oxygens (including phenoxy) is 2. The van der Waals surface area contributed by atoms with E-state index in [0.717, 1.165) is 6.07 Å². The van der Waals surface area contributed by atoms with E-state index in [1.54, 1.807) is 6.92 Å². The molecule has 4 nitrogen and oxygen atoms in total. The second kappa shape index (κ2) is 5.79. The Balaban J connectivity index is 2.21. The number of aromatic nitrogens is 1. The van der Waals surface area contributed by atoms with Gasteiger partial charge in [-0.1, -0.05) is 0 Å². The van der Waals surface area contributed by atoms with E-state index < -0.39 is 29.2 Å². The number of esters is 1. The fourth-order valence-electron chi connectivity index (χ4n) is 2.10. The van der Waals surface area contributed by atoms with Gasteiger partial charge in [0, 0.05) is 11.6 Å². The number of nitrogens with zero attached hydrogens (tertiary/aromatic N) is 1. The van der Waals surface area contributed by atoms with Crippen LogP contribution in [-0.2, 0) is 10.7 Å². The first-order valence-corrected chi connectivity index (χ1v) is 8.13. The number of fused-ring (bicyclic) bond motifs is 3. The largest absolute Gasteiger partial charge is 0.486 e. The van der Waals surface area contributed by atoms with Crippen LogP contribution in [0.3, 0.4) is 0 Å². The van der Waals surface area contributed by atoms with E-state index in [9.17, 15) is 18.0 Å². The molecule has 1 aromatic heterocycles. The zero-order chi connectivity index (χ0) is 16.8. The number of halogens is 4. The summed E-state index contributed by atoms with van der Waals surface area (Å²) in [7, 11) is 0. The van der Waals surface area contributed by atoms with Gasteiger partial charge in [-0.25, -0.2) is 14.2 Å². The summed E-state index contributed by atoms with van der Waals surface area (Å²) in [6.07, 6.45) is 0. The highest BCUT2D eigenvalue weighted by molar-refractivity contribution is 9.10. The average molecular weight is 408 g/mol. The minimum absolute atomic E-state index is 0.0511. The van der Waals surface area contributed by atoms with Crippen molar-refractivity contribution in [2.24, 2.45) is 0 Å². The molecule has 0 fully saturated rings. The van der Waals surface area contributed by atoms with Gasteiger partial charge in [0.2, 0.25) is 5.01 Å². The van der Waals surface area contributed by atoms with Gasteiger partial charge in [-0.05, 0) is 28.9 Å². The number of thiazole rings is 1. The van der Waals surface area contributed by atoms with Crippen molar-refractivity contribution in [3.8, 4) is 17.0 Å². The highest BCUT2D eigenvalue weighted by Crippen LogP contribution is 2.47. The molecule has 0 unspecified atom stereocenters. The van der Waals surface area contributed by atoms with Gasteiger partial charge in [0.25, 0.3) is 0 Å². The topological polar surface area (TPSA) is 48.4 Å². The Bertz CT molecular complexity index is 794. The summed E-state index contributed by atoms with van der Waals surface area (Å²) in [4.78, 5) is 15.3. The average Bonchev–Trinajstić information content (AvgIpc) is 2.91. The van der Waals surface area contributed by atoms with Gasteiger partial charge in [-0.3, -0.25) is 0 Å². The normalized spacial score (nSPS) is 15.2. The van der Waals surface area contributed by atoms with Crippen molar-refractivity contribution in [3.63, 3.8) is 0 Å². The van der Waals surface area contributed by atoms with Crippen LogP contribution in [0.2, 0.25) is 0 Å². The monoisotopic (exact) mass is 407 g/mol. The predicted molar refractivity (Wildman–Crippen MR) is 80.6 cm³/mol. The molecule has 0 atom stereocenters. The standard InChI is InChI=1S/C14H9BrF3NO3S/c1-2-21-13(20)12-19-10-6-3-7(15)8(16)4-9(6)22-5-14(17,18)11(10)23-12/h3-4H,2,5H2,1H3. The molecule has 1 aliphatic rings. The molecule has 3 rings (SSSR count). The second-order valence-electron chi connectivity index (χ2n) is 4.67. The van der Waals surface area contributed by atoms with Crippen molar-refractivity contribution in [2.75, 3.05) is 13.2 Å². The molecule has 1 aromatic carbocycles. The van der Waals surface area contributed by atoms with Gasteiger partial charge >= 0.3 is 11.9 Å². The van der Waals surface area contributed by atoms with Crippen LogP contribution >= 0.6 is 27.3 Å². The van der Waals surface area contributed by atoms with E-state index >= 15 is 0 Å². The molecule has 0 spiro atoms. The molecule has 23 heavy (non-hydrogen) atoms. The van der Waals surface area contributed by atoms with Crippen molar-refractivity contribution in [3.05, 3.63) is 32.3 Å². The van der Waals surface area contributed by atoms with Crippen LogP contribution in [0.25, 0.3) is 11.3 Å². The van der Waals surface area contributed by atoms with Crippen LogP contribution in [-0.4, -0.2) is 24.2 Å². The number of alkyl halides is 2. The van der Waals surface area contributed by atoms with Crippen LogP contribution < -0.4 is 4.74 Å². The van der Waals surface area contributed by atoms with Crippen LogP contribution in [0, 0.1) is 5.82 Å². The molecule has 2 aromatic rings. The molecule has 0 amide bonds. The van der Waals surface area contributed by atoms with Crippen molar-refractivity contribution in [1.29, 1.82) is 0 Å². The van der Waals surface area contributed by atoms with Gasteiger partial charge in [0.05, 0.1) is 16.8 Å². The Hall–Kier alpha value is -1.61. The molecule has 0 saturated heterocycles. The van der Waals surface area contributed by atoms with Gasteiger partial charge in [0.15, 0.2) is 6.61 Å². The Morgan fingerprint density at radius 1 is 1.52 bits per heavy atom. The number of benzene rings is 1. The minimum Gasteiger partial charge on any atom is -0.486 e. The van der Waals surface area contributed by atoms with Gasteiger partial charge in [-0.15, -0.1) is 11.3 Å². The first kappa shape index (κ1) is 16.3. The Labute approximate surface area is 141 Å². The molecule has 0 saturated carbocycles. The smallest absolute Gasteiger partial charge is 0.367 e. The zero-order valence-electron chi connectivity index (χ0n) is 11.7. The van der Waals surface area contributed by atoms with Crippen LogP contribution in [0.1, 0.15) is 21.6 Å². The summed E-state index contributed by atoms with van der Waals surface area (Å²) in [6.45, 7) is 0.753. The van der Waals surface area contributed by atoms with Gasteiger partial charge in [-0.2, -0.15) is 8.78 Å². The molecule has 0 N–H and O–H groups in total. The first-order valence-electron chi connectivity index (χ1n) is 6.52. The number of hydrogen-bond donors (Lipinski definition) is 0. The number of carbonyl (C=O) groups is 1.